The molecule has 2 aliphatic carbocycles. The van der Waals surface area contributed by atoms with E-state index in [1.165, 1.54) is 79.4 Å². The molecule has 0 aliphatic heterocycles. The Bertz CT molecular complexity index is 1710. The second-order valence-corrected chi connectivity index (χ2v) is 11.8. The lowest BCUT2D eigenvalue weighted by molar-refractivity contribution is 0.460. The minimum atomic E-state index is 0.436. The molecule has 4 aromatic rings. The number of hydrogen-bond acceptors (Lipinski definition) is 1. The molecule has 0 N–H and O–H groups in total. The third-order valence-corrected chi connectivity index (χ3v) is 9.41. The van der Waals surface area contributed by atoms with Crippen molar-refractivity contribution in [2.45, 2.75) is 65.7 Å². The van der Waals surface area contributed by atoms with Crippen LogP contribution in [-0.4, -0.2) is 4.98 Å². The highest BCUT2D eigenvalue weighted by molar-refractivity contribution is 6.04. The van der Waals surface area contributed by atoms with Gasteiger partial charge in [-0.25, -0.2) is 0 Å². The Morgan fingerprint density at radius 1 is 0.854 bits per heavy atom. The highest BCUT2D eigenvalue weighted by Gasteiger charge is 2.25. The largest absolute Gasteiger partial charge is 0.261 e. The molecule has 1 heterocycles. The third-order valence-electron chi connectivity index (χ3n) is 9.41. The van der Waals surface area contributed by atoms with Crippen LogP contribution >= 0.6 is 0 Å². The number of benzene rings is 3. The van der Waals surface area contributed by atoms with Gasteiger partial charge in [0.1, 0.15) is 0 Å². The zero-order valence-electron chi connectivity index (χ0n) is 25.0. The van der Waals surface area contributed by atoms with Gasteiger partial charge in [0.15, 0.2) is 0 Å². The zero-order valence-corrected chi connectivity index (χ0v) is 25.0. The molecule has 41 heavy (non-hydrogen) atoms. The van der Waals surface area contributed by atoms with Crippen LogP contribution in [0, 0.1) is 12.8 Å². The molecule has 6 rings (SSSR count). The number of rotatable bonds is 5. The molecule has 1 heteroatoms. The van der Waals surface area contributed by atoms with E-state index >= 15 is 0 Å². The topological polar surface area (TPSA) is 12.9 Å². The molecule has 2 aliphatic rings. The number of allylic oxidation sites excluding steroid dienone is 8. The van der Waals surface area contributed by atoms with Crippen LogP contribution in [-0.2, 0) is 6.42 Å². The standard InChI is InChI=1S/C40H41N/c1-5-30(20-21-31-22-23-32-14-12-26-41-40(32)28(31)3)36-24-25-39(38-17-10-9-16-37(36)38)35-19-11-18-34(29(35)4)33-15-8-6-7-13-27(33)2/h5,7,9-14,16-21,24-26,28,31H,6,8,15,22-23H2,1-4H3/b21-20-,30-5+. The van der Waals surface area contributed by atoms with Crippen LogP contribution in [0.3, 0.4) is 0 Å². The highest BCUT2D eigenvalue weighted by Crippen LogP contribution is 2.40. The van der Waals surface area contributed by atoms with Crippen LogP contribution in [0.5, 0.6) is 0 Å². The van der Waals surface area contributed by atoms with Gasteiger partial charge < -0.3 is 0 Å². The Morgan fingerprint density at radius 3 is 2.54 bits per heavy atom. The summed E-state index contributed by atoms with van der Waals surface area (Å²) in [5, 5.41) is 2.62. The second kappa shape index (κ2) is 11.9. The molecule has 0 fully saturated rings. The van der Waals surface area contributed by atoms with Crippen LogP contribution in [0.4, 0.5) is 0 Å². The molecule has 0 bridgehead atoms. The van der Waals surface area contributed by atoms with Crippen LogP contribution < -0.4 is 0 Å². The molecule has 0 radical (unpaired) electrons. The van der Waals surface area contributed by atoms with E-state index in [9.17, 15) is 0 Å². The van der Waals surface area contributed by atoms with E-state index in [2.05, 4.69) is 125 Å². The molecule has 0 spiro atoms. The fourth-order valence-electron chi connectivity index (χ4n) is 7.02. The van der Waals surface area contributed by atoms with E-state index in [-0.39, 0.29) is 0 Å². The first kappa shape index (κ1) is 27.2. The van der Waals surface area contributed by atoms with Gasteiger partial charge in [0.05, 0.1) is 0 Å². The summed E-state index contributed by atoms with van der Waals surface area (Å²) >= 11 is 0. The molecule has 1 aromatic heterocycles. The summed E-state index contributed by atoms with van der Waals surface area (Å²) in [5.74, 6) is 0.936. The van der Waals surface area contributed by atoms with Crippen molar-refractivity contribution in [2.75, 3.05) is 0 Å². The van der Waals surface area contributed by atoms with E-state index in [4.69, 9.17) is 4.98 Å². The lowest BCUT2D eigenvalue weighted by Gasteiger charge is -2.28. The average molecular weight is 536 g/mol. The van der Waals surface area contributed by atoms with E-state index in [1.54, 1.807) is 0 Å². The Kier molecular flexibility index (Phi) is 7.88. The van der Waals surface area contributed by atoms with Crippen molar-refractivity contribution in [1.82, 2.24) is 4.98 Å². The van der Waals surface area contributed by atoms with Crippen molar-refractivity contribution in [3.63, 3.8) is 0 Å². The Balaban J connectivity index is 1.37. The summed E-state index contributed by atoms with van der Waals surface area (Å²) in [6, 6.07) is 24.8. The predicted octanol–water partition coefficient (Wildman–Crippen LogP) is 11.0. The second-order valence-electron chi connectivity index (χ2n) is 11.8. The van der Waals surface area contributed by atoms with Crippen LogP contribution in [0.2, 0.25) is 0 Å². The Hall–Kier alpha value is -3.97. The summed E-state index contributed by atoms with van der Waals surface area (Å²) in [5.41, 5.74) is 13.6. The third kappa shape index (κ3) is 5.26. The molecule has 0 saturated heterocycles. The van der Waals surface area contributed by atoms with Gasteiger partial charge in [0.2, 0.25) is 0 Å². The minimum absolute atomic E-state index is 0.436. The van der Waals surface area contributed by atoms with E-state index in [0.29, 0.717) is 11.8 Å². The molecular formula is C40H41N. The maximum absolute atomic E-state index is 4.73. The number of fused-ring (bicyclic) bond motifs is 2. The number of nitrogens with zero attached hydrogens (tertiary/aromatic N) is 1. The first-order chi connectivity index (χ1) is 20.1. The monoisotopic (exact) mass is 535 g/mol. The number of aryl methyl sites for hydroxylation is 1. The van der Waals surface area contributed by atoms with Crippen molar-refractivity contribution < 1.29 is 0 Å². The molecule has 1 nitrogen and oxygen atoms in total. The fourth-order valence-corrected chi connectivity index (χ4v) is 7.02. The fraction of sp³-hybridized carbons (Fsp3) is 0.275. The van der Waals surface area contributed by atoms with Gasteiger partial charge >= 0.3 is 0 Å². The lowest BCUT2D eigenvalue weighted by atomic mass is 9.78. The number of pyridine rings is 1. The van der Waals surface area contributed by atoms with Crippen molar-refractivity contribution in [2.24, 2.45) is 5.92 Å². The van der Waals surface area contributed by atoms with Gasteiger partial charge in [0, 0.05) is 17.8 Å². The van der Waals surface area contributed by atoms with Crippen LogP contribution in [0.1, 0.15) is 80.3 Å². The molecule has 3 aromatic carbocycles. The smallest absolute Gasteiger partial charge is 0.0469 e. The van der Waals surface area contributed by atoms with Gasteiger partial charge in [0.25, 0.3) is 0 Å². The first-order valence-corrected chi connectivity index (χ1v) is 15.3. The number of hydrogen-bond donors (Lipinski definition) is 0. The summed E-state index contributed by atoms with van der Waals surface area (Å²) < 4.78 is 0. The molecule has 2 unspecified atom stereocenters. The Labute approximate surface area is 246 Å². The predicted molar refractivity (Wildman–Crippen MR) is 177 cm³/mol. The van der Waals surface area contributed by atoms with E-state index < -0.39 is 0 Å². The average Bonchev–Trinajstić information content (AvgIpc) is 3.23. The van der Waals surface area contributed by atoms with Crippen molar-refractivity contribution in [1.29, 1.82) is 0 Å². The van der Waals surface area contributed by atoms with E-state index in [1.807, 2.05) is 6.20 Å². The van der Waals surface area contributed by atoms with Gasteiger partial charge in [-0.15, -0.1) is 0 Å². The number of aromatic nitrogens is 1. The van der Waals surface area contributed by atoms with Gasteiger partial charge in [-0.3, -0.25) is 4.98 Å². The SMILES string of the molecule is C/C=C(\C=C/C1CCc2cccnc2C1C)c1ccc(-c2cccc(C3=C(C)C=CCCC3)c2C)c2ccccc12. The normalized spacial score (nSPS) is 19.6. The maximum Gasteiger partial charge on any atom is 0.0469 e. The summed E-state index contributed by atoms with van der Waals surface area (Å²) in [7, 11) is 0. The van der Waals surface area contributed by atoms with Crippen LogP contribution in [0.25, 0.3) is 33.0 Å². The summed E-state index contributed by atoms with van der Waals surface area (Å²) in [6.45, 7) is 9.07. The zero-order chi connectivity index (χ0) is 28.3. The Morgan fingerprint density at radius 2 is 1.68 bits per heavy atom. The minimum Gasteiger partial charge on any atom is -0.261 e. The van der Waals surface area contributed by atoms with Gasteiger partial charge in [-0.05, 0) is 126 Å². The maximum atomic E-state index is 4.73. The first-order valence-electron chi connectivity index (χ1n) is 15.3. The van der Waals surface area contributed by atoms with Crippen molar-refractivity contribution >= 4 is 21.9 Å². The van der Waals surface area contributed by atoms with Gasteiger partial charge in [-0.1, -0.05) is 98.0 Å². The lowest BCUT2D eigenvalue weighted by Crippen LogP contribution is -2.18. The van der Waals surface area contributed by atoms with Crippen molar-refractivity contribution in [3.05, 3.63) is 137 Å². The van der Waals surface area contributed by atoms with Gasteiger partial charge in [-0.2, -0.15) is 0 Å². The summed E-state index contributed by atoms with van der Waals surface area (Å²) in [6.07, 6.45) is 19.4. The molecule has 206 valence electrons. The quantitative estimate of drug-likeness (QED) is 0.232. The highest BCUT2D eigenvalue weighted by atomic mass is 14.7. The molecule has 2 atom stereocenters. The van der Waals surface area contributed by atoms with Crippen LogP contribution in [0.15, 0.2) is 109 Å². The molecule has 0 amide bonds. The van der Waals surface area contributed by atoms with E-state index in [0.717, 1.165) is 19.3 Å². The van der Waals surface area contributed by atoms with Crippen molar-refractivity contribution in [3.8, 4) is 11.1 Å². The molecule has 0 saturated carbocycles. The summed E-state index contributed by atoms with van der Waals surface area (Å²) in [4.78, 5) is 4.73. The molecular weight excluding hydrogens is 494 g/mol.